The van der Waals surface area contributed by atoms with Crippen LogP contribution in [0.4, 0.5) is 5.95 Å². The molecule has 0 radical (unpaired) electrons. The molecule has 4 rings (SSSR count). The fourth-order valence-corrected chi connectivity index (χ4v) is 3.70. The number of hydrogen-bond donors (Lipinski definition) is 0. The van der Waals surface area contributed by atoms with Crippen molar-refractivity contribution in [3.05, 3.63) is 18.5 Å². The van der Waals surface area contributed by atoms with Crippen molar-refractivity contribution in [3.8, 4) is 0 Å². The molecule has 1 saturated carbocycles. The quantitative estimate of drug-likeness (QED) is 0.828. The van der Waals surface area contributed by atoms with Crippen molar-refractivity contribution in [1.82, 2.24) is 19.8 Å². The smallest absolute Gasteiger partial charge is 0.225 e. The van der Waals surface area contributed by atoms with Gasteiger partial charge in [-0.25, -0.2) is 9.97 Å². The van der Waals surface area contributed by atoms with Crippen LogP contribution >= 0.6 is 0 Å². The van der Waals surface area contributed by atoms with E-state index < -0.39 is 0 Å². The molecule has 0 spiro atoms. The molecule has 0 aromatic carbocycles. The highest BCUT2D eigenvalue weighted by Crippen LogP contribution is 2.29. The minimum absolute atomic E-state index is 0.795. The van der Waals surface area contributed by atoms with E-state index in [9.17, 15) is 0 Å². The number of nitrogens with zero attached hydrogens (tertiary/aromatic N) is 5. The SMILES string of the molecule is c1cnc(N2CCN(C3CN(CC4CCC4)C3)CC2)nc1. The second kappa shape index (κ2) is 5.89. The second-order valence-electron chi connectivity index (χ2n) is 6.74. The molecule has 21 heavy (non-hydrogen) atoms. The van der Waals surface area contributed by atoms with Crippen LogP contribution in [0, 0.1) is 5.92 Å². The molecule has 2 aliphatic heterocycles. The first-order valence-electron chi connectivity index (χ1n) is 8.37. The zero-order chi connectivity index (χ0) is 14.1. The second-order valence-corrected chi connectivity index (χ2v) is 6.74. The standard InChI is InChI=1S/C16H25N5/c1-3-14(4-1)11-19-12-15(13-19)20-7-9-21(10-8-20)16-17-5-2-6-18-16/h2,5-6,14-15H,1,3-4,7-13H2. The van der Waals surface area contributed by atoms with Crippen molar-refractivity contribution in [2.75, 3.05) is 50.7 Å². The third-order valence-electron chi connectivity index (χ3n) is 5.34. The predicted octanol–water partition coefficient (Wildman–Crippen LogP) is 1.08. The maximum absolute atomic E-state index is 4.36. The fraction of sp³-hybridized carbons (Fsp3) is 0.750. The molecular weight excluding hydrogens is 262 g/mol. The molecule has 2 saturated heterocycles. The van der Waals surface area contributed by atoms with Gasteiger partial charge in [-0.3, -0.25) is 9.80 Å². The first kappa shape index (κ1) is 13.5. The maximum atomic E-state index is 4.36. The van der Waals surface area contributed by atoms with E-state index in [1.54, 1.807) is 0 Å². The Balaban J connectivity index is 1.21. The van der Waals surface area contributed by atoms with Gasteiger partial charge < -0.3 is 4.90 Å². The maximum Gasteiger partial charge on any atom is 0.225 e. The molecule has 0 unspecified atom stereocenters. The van der Waals surface area contributed by atoms with E-state index in [-0.39, 0.29) is 0 Å². The minimum Gasteiger partial charge on any atom is -0.338 e. The number of aromatic nitrogens is 2. The third-order valence-corrected chi connectivity index (χ3v) is 5.34. The van der Waals surface area contributed by atoms with E-state index in [4.69, 9.17) is 0 Å². The van der Waals surface area contributed by atoms with Gasteiger partial charge in [0, 0.05) is 64.2 Å². The molecule has 0 N–H and O–H groups in total. The molecular formula is C16H25N5. The summed E-state index contributed by atoms with van der Waals surface area (Å²) in [5.74, 6) is 1.90. The molecule has 114 valence electrons. The van der Waals surface area contributed by atoms with Crippen molar-refractivity contribution < 1.29 is 0 Å². The summed E-state index contributed by atoms with van der Waals surface area (Å²) in [5, 5.41) is 0. The van der Waals surface area contributed by atoms with E-state index in [0.717, 1.165) is 44.1 Å². The lowest BCUT2D eigenvalue weighted by atomic mass is 9.84. The Labute approximate surface area is 127 Å². The van der Waals surface area contributed by atoms with Crippen LogP contribution < -0.4 is 4.90 Å². The highest BCUT2D eigenvalue weighted by Gasteiger charge is 2.35. The van der Waals surface area contributed by atoms with Crippen LogP contribution in [0.15, 0.2) is 18.5 Å². The average molecular weight is 287 g/mol. The van der Waals surface area contributed by atoms with Crippen LogP contribution in [0.2, 0.25) is 0 Å². The Hall–Kier alpha value is -1.20. The summed E-state index contributed by atoms with van der Waals surface area (Å²) in [7, 11) is 0. The highest BCUT2D eigenvalue weighted by molar-refractivity contribution is 5.29. The summed E-state index contributed by atoms with van der Waals surface area (Å²) in [4.78, 5) is 16.3. The van der Waals surface area contributed by atoms with Crippen LogP contribution in [-0.4, -0.2) is 71.6 Å². The Morgan fingerprint density at radius 3 is 2.33 bits per heavy atom. The van der Waals surface area contributed by atoms with Crippen molar-refractivity contribution in [2.24, 2.45) is 5.92 Å². The summed E-state index contributed by atoms with van der Waals surface area (Å²) in [5.41, 5.74) is 0. The summed E-state index contributed by atoms with van der Waals surface area (Å²) in [6.45, 7) is 8.36. The van der Waals surface area contributed by atoms with Crippen molar-refractivity contribution >= 4 is 5.95 Å². The number of anilines is 1. The molecule has 3 heterocycles. The van der Waals surface area contributed by atoms with Gasteiger partial charge in [0.25, 0.3) is 0 Å². The zero-order valence-corrected chi connectivity index (χ0v) is 12.7. The van der Waals surface area contributed by atoms with Gasteiger partial charge in [-0.1, -0.05) is 6.42 Å². The van der Waals surface area contributed by atoms with Gasteiger partial charge in [-0.05, 0) is 24.8 Å². The molecule has 0 bridgehead atoms. The lowest BCUT2D eigenvalue weighted by Gasteiger charge is -2.49. The molecule has 3 aliphatic rings. The number of piperazine rings is 1. The largest absolute Gasteiger partial charge is 0.338 e. The topological polar surface area (TPSA) is 35.5 Å². The van der Waals surface area contributed by atoms with Crippen LogP contribution in [0.25, 0.3) is 0 Å². The van der Waals surface area contributed by atoms with Gasteiger partial charge in [0.2, 0.25) is 5.95 Å². The van der Waals surface area contributed by atoms with E-state index in [1.165, 1.54) is 38.9 Å². The molecule has 1 aromatic heterocycles. The van der Waals surface area contributed by atoms with Crippen LogP contribution in [-0.2, 0) is 0 Å². The summed E-state index contributed by atoms with van der Waals surface area (Å²) < 4.78 is 0. The third kappa shape index (κ3) is 2.90. The monoisotopic (exact) mass is 287 g/mol. The first-order valence-corrected chi connectivity index (χ1v) is 8.37. The van der Waals surface area contributed by atoms with E-state index >= 15 is 0 Å². The van der Waals surface area contributed by atoms with Gasteiger partial charge in [-0.15, -0.1) is 0 Å². The van der Waals surface area contributed by atoms with Crippen molar-refractivity contribution in [2.45, 2.75) is 25.3 Å². The normalized spacial score (nSPS) is 25.6. The van der Waals surface area contributed by atoms with E-state index in [0.29, 0.717) is 0 Å². The molecule has 5 nitrogen and oxygen atoms in total. The molecule has 0 amide bonds. The van der Waals surface area contributed by atoms with Gasteiger partial charge >= 0.3 is 0 Å². The number of rotatable bonds is 4. The summed E-state index contributed by atoms with van der Waals surface area (Å²) in [6, 6.07) is 2.68. The Kier molecular flexibility index (Phi) is 3.78. The van der Waals surface area contributed by atoms with Gasteiger partial charge in [0.15, 0.2) is 0 Å². The van der Waals surface area contributed by atoms with Crippen molar-refractivity contribution in [1.29, 1.82) is 0 Å². The van der Waals surface area contributed by atoms with Gasteiger partial charge in [0.05, 0.1) is 0 Å². The van der Waals surface area contributed by atoms with Crippen molar-refractivity contribution in [3.63, 3.8) is 0 Å². The molecule has 3 fully saturated rings. The van der Waals surface area contributed by atoms with Gasteiger partial charge in [-0.2, -0.15) is 0 Å². The van der Waals surface area contributed by atoms with Gasteiger partial charge in [0.1, 0.15) is 0 Å². The highest BCUT2D eigenvalue weighted by atomic mass is 15.4. The van der Waals surface area contributed by atoms with Crippen LogP contribution in [0.1, 0.15) is 19.3 Å². The van der Waals surface area contributed by atoms with Crippen LogP contribution in [0.5, 0.6) is 0 Å². The lowest BCUT2D eigenvalue weighted by molar-refractivity contribution is 0.0125. The number of hydrogen-bond acceptors (Lipinski definition) is 5. The Morgan fingerprint density at radius 1 is 1.00 bits per heavy atom. The Bertz CT molecular complexity index is 447. The molecule has 0 atom stereocenters. The average Bonchev–Trinajstić information content (AvgIpc) is 2.45. The Morgan fingerprint density at radius 2 is 1.71 bits per heavy atom. The fourth-order valence-electron chi connectivity index (χ4n) is 3.70. The number of likely N-dealkylation sites (tertiary alicyclic amines) is 1. The first-order chi connectivity index (χ1) is 10.4. The molecule has 5 heteroatoms. The summed E-state index contributed by atoms with van der Waals surface area (Å²) in [6.07, 6.45) is 8.07. The van der Waals surface area contributed by atoms with E-state index in [2.05, 4.69) is 24.7 Å². The lowest BCUT2D eigenvalue weighted by Crippen LogP contribution is -2.63. The minimum atomic E-state index is 0.795. The molecule has 1 aliphatic carbocycles. The predicted molar refractivity (Wildman–Crippen MR) is 83.4 cm³/mol. The van der Waals surface area contributed by atoms with E-state index in [1.807, 2.05) is 18.5 Å². The summed E-state index contributed by atoms with van der Waals surface area (Å²) >= 11 is 0. The molecule has 1 aromatic rings. The van der Waals surface area contributed by atoms with Crippen LogP contribution in [0.3, 0.4) is 0 Å². The zero-order valence-electron chi connectivity index (χ0n) is 12.7.